The van der Waals surface area contributed by atoms with Crippen LogP contribution in [0.2, 0.25) is 0 Å². The molecule has 2 aromatic heterocycles. The summed E-state index contributed by atoms with van der Waals surface area (Å²) >= 11 is 0. The second-order valence-corrected chi connectivity index (χ2v) is 15.3. The summed E-state index contributed by atoms with van der Waals surface area (Å²) in [6, 6.07) is 66.9. The lowest BCUT2D eigenvalue weighted by Crippen LogP contribution is -2.39. The van der Waals surface area contributed by atoms with Crippen LogP contribution in [0.25, 0.3) is 56.6 Å². The van der Waals surface area contributed by atoms with E-state index in [1.54, 1.807) is 4.80 Å². The molecule has 0 radical (unpaired) electrons. The van der Waals surface area contributed by atoms with Crippen molar-refractivity contribution in [3.8, 4) is 56.6 Å². The average molecular weight is 778 g/mol. The minimum Gasteiger partial charge on any atom is -0.435 e. The van der Waals surface area contributed by atoms with Crippen LogP contribution in [-0.2, 0) is 12.0 Å². The minimum atomic E-state index is -0.900. The summed E-state index contributed by atoms with van der Waals surface area (Å²) in [7, 11) is 0. The Labute approximate surface area is 350 Å². The molecule has 0 N–H and O–H groups in total. The minimum absolute atomic E-state index is 0.420. The van der Waals surface area contributed by atoms with Crippen LogP contribution in [0.3, 0.4) is 0 Å². The van der Waals surface area contributed by atoms with Gasteiger partial charge in [0.05, 0.1) is 0 Å². The zero-order valence-corrected chi connectivity index (χ0v) is 33.2. The Hall–Kier alpha value is -7.44. The lowest BCUT2D eigenvalue weighted by molar-refractivity contribution is 0.396. The highest BCUT2D eigenvalue weighted by atomic mass is 16.4. The van der Waals surface area contributed by atoms with Crippen molar-refractivity contribution in [2.24, 2.45) is 5.92 Å². The van der Waals surface area contributed by atoms with Gasteiger partial charge in [-0.05, 0) is 70.2 Å². The number of benzene rings is 7. The maximum Gasteiger partial charge on any atom is 0.228 e. The fraction of sp³-hybridized carbons (Fsp3) is 0.111. The number of aromatic nitrogens is 5. The predicted octanol–water partition coefficient (Wildman–Crippen LogP) is 12.7. The van der Waals surface area contributed by atoms with Crippen molar-refractivity contribution in [3.05, 3.63) is 229 Å². The van der Waals surface area contributed by atoms with E-state index >= 15 is 0 Å². The number of oxazole rings is 1. The summed E-state index contributed by atoms with van der Waals surface area (Å²) in [4.78, 5) is 7.16. The molecule has 7 aromatic carbocycles. The summed E-state index contributed by atoms with van der Waals surface area (Å²) in [5, 5.41) is 15.1. The molecule has 1 aliphatic carbocycles. The van der Waals surface area contributed by atoms with Gasteiger partial charge in [0.2, 0.25) is 11.7 Å². The van der Waals surface area contributed by atoms with E-state index < -0.39 is 5.54 Å². The Morgan fingerprint density at radius 1 is 0.567 bits per heavy atom. The van der Waals surface area contributed by atoms with E-state index in [1.165, 1.54) is 12.0 Å². The highest BCUT2D eigenvalue weighted by Gasteiger charge is 2.41. The largest absolute Gasteiger partial charge is 0.435 e. The molecule has 6 heteroatoms. The van der Waals surface area contributed by atoms with Crippen molar-refractivity contribution in [1.29, 1.82) is 0 Å². The number of rotatable bonds is 11. The molecule has 1 unspecified atom stereocenters. The molecular formula is C54H43N5O. The van der Waals surface area contributed by atoms with Crippen molar-refractivity contribution >= 4 is 0 Å². The van der Waals surface area contributed by atoms with Gasteiger partial charge in [-0.1, -0.05) is 206 Å². The van der Waals surface area contributed by atoms with Crippen molar-refractivity contribution in [2.75, 3.05) is 0 Å². The summed E-state index contributed by atoms with van der Waals surface area (Å²) in [5.74, 6) is 2.27. The van der Waals surface area contributed by atoms with E-state index in [-0.39, 0.29) is 0 Å². The summed E-state index contributed by atoms with van der Waals surface area (Å²) < 4.78 is 7.00. The third-order valence-electron chi connectivity index (χ3n) is 11.7. The Morgan fingerprint density at radius 2 is 1.12 bits per heavy atom. The molecule has 60 heavy (non-hydrogen) atoms. The Bertz CT molecular complexity index is 2710. The van der Waals surface area contributed by atoms with Crippen LogP contribution >= 0.6 is 0 Å². The van der Waals surface area contributed by atoms with E-state index in [0.717, 1.165) is 80.8 Å². The second-order valence-electron chi connectivity index (χ2n) is 15.3. The molecule has 2 heterocycles. The van der Waals surface area contributed by atoms with Gasteiger partial charge in [0.25, 0.3) is 0 Å². The molecule has 0 fully saturated rings. The van der Waals surface area contributed by atoms with Crippen LogP contribution < -0.4 is 0 Å². The highest BCUT2D eigenvalue weighted by Crippen LogP contribution is 2.45. The van der Waals surface area contributed by atoms with Gasteiger partial charge in [-0.2, -0.15) is 0 Å². The quantitative estimate of drug-likeness (QED) is 0.0966. The summed E-state index contributed by atoms with van der Waals surface area (Å²) in [6.45, 7) is 0. The zero-order chi connectivity index (χ0) is 40.1. The van der Waals surface area contributed by atoms with E-state index in [9.17, 15) is 0 Å². The van der Waals surface area contributed by atoms with Crippen LogP contribution in [0.4, 0.5) is 0 Å². The van der Waals surface area contributed by atoms with Crippen molar-refractivity contribution in [1.82, 2.24) is 25.2 Å². The third-order valence-corrected chi connectivity index (χ3v) is 11.7. The number of hydrogen-bond donors (Lipinski definition) is 0. The molecule has 0 spiro atoms. The maximum absolute atomic E-state index is 7.00. The fourth-order valence-electron chi connectivity index (χ4n) is 8.85. The highest BCUT2D eigenvalue weighted by molar-refractivity contribution is 5.91. The topological polar surface area (TPSA) is 69.6 Å². The van der Waals surface area contributed by atoms with Gasteiger partial charge < -0.3 is 4.42 Å². The maximum atomic E-state index is 7.00. The van der Waals surface area contributed by atoms with Gasteiger partial charge in [-0.25, -0.2) is 4.98 Å². The summed E-state index contributed by atoms with van der Waals surface area (Å²) in [6.07, 6.45) is 9.04. The average Bonchev–Trinajstić information content (AvgIpc) is 4.01. The van der Waals surface area contributed by atoms with E-state index in [4.69, 9.17) is 24.8 Å². The van der Waals surface area contributed by atoms with Crippen LogP contribution in [0, 0.1) is 5.92 Å². The summed E-state index contributed by atoms with van der Waals surface area (Å²) in [5.41, 5.74) is 9.96. The predicted molar refractivity (Wildman–Crippen MR) is 240 cm³/mol. The number of allylic oxidation sites excluding steroid dienone is 2. The monoisotopic (exact) mass is 777 g/mol. The van der Waals surface area contributed by atoms with E-state index in [0.29, 0.717) is 17.6 Å². The van der Waals surface area contributed by atoms with Crippen LogP contribution in [0.15, 0.2) is 211 Å². The first-order valence-corrected chi connectivity index (χ1v) is 20.7. The van der Waals surface area contributed by atoms with Crippen molar-refractivity contribution in [2.45, 2.75) is 31.2 Å². The van der Waals surface area contributed by atoms with Crippen molar-refractivity contribution < 1.29 is 4.42 Å². The fourth-order valence-corrected chi connectivity index (χ4v) is 8.85. The first-order valence-electron chi connectivity index (χ1n) is 20.7. The Balaban J connectivity index is 1.17. The Morgan fingerprint density at radius 3 is 1.72 bits per heavy atom. The van der Waals surface area contributed by atoms with Crippen LogP contribution in [0.1, 0.15) is 41.5 Å². The smallest absolute Gasteiger partial charge is 0.228 e. The van der Waals surface area contributed by atoms with Gasteiger partial charge in [0, 0.05) is 22.3 Å². The third kappa shape index (κ3) is 6.86. The van der Waals surface area contributed by atoms with Gasteiger partial charge in [0.1, 0.15) is 5.69 Å². The molecule has 1 atom stereocenters. The standard InChI is InChI=1S/C54H43N5O/c1-7-22-39(23-8-1)38-42-28-21-37-47(49(42)53-55-50(40-24-9-2-10-25-40)51(60-53)41-26-11-3-12-27-41)46-35-19-20-36-48(46)52-56-58-59(57-52)54(43-29-13-4-14-30-43,44-31-15-5-16-32-44)45-33-17-6-18-34-45/h2-7,9-22,24-37,39H,1,8,23,38H2. The molecule has 0 bridgehead atoms. The second kappa shape index (κ2) is 16.4. The molecule has 0 saturated carbocycles. The van der Waals surface area contributed by atoms with E-state index in [1.807, 2.05) is 60.7 Å². The molecule has 10 rings (SSSR count). The Kier molecular flexibility index (Phi) is 10.1. The molecule has 9 aromatic rings. The lowest BCUT2D eigenvalue weighted by Gasteiger charge is -2.34. The number of tetrazole rings is 1. The number of nitrogens with zero attached hydrogens (tertiary/aromatic N) is 5. The SMILES string of the molecule is C1=CC(Cc2cccc(-c3ccccc3-c3nnn(C(c4ccccc4)(c4ccccc4)c4ccccc4)n3)c2-c2nc(-c3ccccc3)c(-c3ccccc3)o2)CCC1. The first kappa shape index (κ1) is 36.9. The van der Waals surface area contributed by atoms with Gasteiger partial charge >= 0.3 is 0 Å². The molecule has 6 nitrogen and oxygen atoms in total. The van der Waals surface area contributed by atoms with Gasteiger partial charge in [-0.3, -0.25) is 0 Å². The van der Waals surface area contributed by atoms with Crippen LogP contribution in [0.5, 0.6) is 0 Å². The molecule has 1 aliphatic rings. The lowest BCUT2D eigenvalue weighted by atomic mass is 9.77. The van der Waals surface area contributed by atoms with Crippen molar-refractivity contribution in [3.63, 3.8) is 0 Å². The van der Waals surface area contributed by atoms with Gasteiger partial charge in [-0.15, -0.1) is 15.0 Å². The molecule has 0 saturated heterocycles. The van der Waals surface area contributed by atoms with E-state index in [2.05, 4.69) is 146 Å². The molecule has 0 aliphatic heterocycles. The van der Waals surface area contributed by atoms with Gasteiger partial charge in [0.15, 0.2) is 11.3 Å². The van der Waals surface area contributed by atoms with Crippen LogP contribution in [-0.4, -0.2) is 25.2 Å². The molecular weight excluding hydrogens is 735 g/mol. The first-order chi connectivity index (χ1) is 29.8. The zero-order valence-electron chi connectivity index (χ0n) is 33.2. The molecule has 0 amide bonds. The molecule has 290 valence electrons. The normalized spacial score (nSPS) is 14.0. The number of hydrogen-bond acceptors (Lipinski definition) is 5.